The van der Waals surface area contributed by atoms with E-state index in [-0.39, 0.29) is 17.0 Å². The van der Waals surface area contributed by atoms with Gasteiger partial charge in [-0.3, -0.25) is 0 Å². The molecule has 0 saturated carbocycles. The Balaban J connectivity index is 1.98. The Hall–Kier alpha value is -2.70. The third-order valence-electron chi connectivity index (χ3n) is 3.30. The summed E-state index contributed by atoms with van der Waals surface area (Å²) in [5.74, 6) is 2.00. The minimum absolute atomic E-state index is 0.0229. The number of hydrogen-bond acceptors (Lipinski definition) is 7. The first-order valence-electron chi connectivity index (χ1n) is 7.59. The third-order valence-corrected chi connectivity index (χ3v) is 4.82. The number of aryl methyl sites for hydroxylation is 1. The van der Waals surface area contributed by atoms with Crippen LogP contribution >= 0.6 is 0 Å². The molecule has 132 valence electrons. The van der Waals surface area contributed by atoms with E-state index in [2.05, 4.69) is 20.0 Å². The maximum atomic E-state index is 12.3. The molecular weight excluding hydrogens is 340 g/mol. The molecule has 1 heterocycles. The number of nitrogens with one attached hydrogen (secondary N) is 2. The highest BCUT2D eigenvalue weighted by Crippen LogP contribution is 2.14. The molecule has 9 heteroatoms. The monoisotopic (exact) mass is 360 g/mol. The van der Waals surface area contributed by atoms with Gasteiger partial charge in [-0.15, -0.1) is 0 Å². The molecule has 2 rings (SSSR count). The van der Waals surface area contributed by atoms with E-state index >= 15 is 0 Å². The van der Waals surface area contributed by atoms with Crippen LogP contribution in [0.5, 0.6) is 0 Å². The van der Waals surface area contributed by atoms with Crippen molar-refractivity contribution < 1.29 is 8.42 Å². The van der Waals surface area contributed by atoms with E-state index in [1.165, 1.54) is 12.1 Å². The summed E-state index contributed by atoms with van der Waals surface area (Å²) in [7, 11) is 0.0218. The van der Waals surface area contributed by atoms with Crippen LogP contribution in [0.1, 0.15) is 11.4 Å². The quantitative estimate of drug-likeness (QED) is 0.712. The largest absolute Gasteiger partial charge is 0.369 e. The van der Waals surface area contributed by atoms with Crippen LogP contribution < -0.4 is 14.9 Å². The zero-order chi connectivity index (χ0) is 18.4. The molecule has 0 bridgehead atoms. The molecule has 0 spiro atoms. The van der Waals surface area contributed by atoms with Crippen LogP contribution in [0, 0.1) is 18.3 Å². The number of sulfonamides is 1. The maximum Gasteiger partial charge on any atom is 0.241 e. The normalized spacial score (nSPS) is 11.0. The van der Waals surface area contributed by atoms with Crippen molar-refractivity contribution in [3.63, 3.8) is 0 Å². The van der Waals surface area contributed by atoms with Crippen molar-refractivity contribution in [3.8, 4) is 6.07 Å². The van der Waals surface area contributed by atoms with Gasteiger partial charge in [0.15, 0.2) is 0 Å². The number of nitrogens with zero attached hydrogens (tertiary/aromatic N) is 4. The molecule has 0 unspecified atom stereocenters. The fourth-order valence-electron chi connectivity index (χ4n) is 2.12. The second kappa shape index (κ2) is 7.92. The Morgan fingerprint density at radius 1 is 1.20 bits per heavy atom. The van der Waals surface area contributed by atoms with Crippen LogP contribution in [0.4, 0.5) is 11.6 Å². The summed E-state index contributed by atoms with van der Waals surface area (Å²) in [5.41, 5.74) is 0.116. The molecule has 2 aromatic rings. The number of nitriles is 1. The number of aromatic nitrogens is 2. The van der Waals surface area contributed by atoms with Crippen molar-refractivity contribution in [2.24, 2.45) is 0 Å². The lowest BCUT2D eigenvalue weighted by Crippen LogP contribution is -2.29. The summed E-state index contributed by atoms with van der Waals surface area (Å²) in [6, 6.07) is 9.76. The SMILES string of the molecule is Cc1nc(NCCNS(=O)(=O)c2ccccc2C#N)cc(N(C)C)n1. The van der Waals surface area contributed by atoms with Gasteiger partial charge < -0.3 is 10.2 Å². The van der Waals surface area contributed by atoms with Crippen molar-refractivity contribution in [1.82, 2.24) is 14.7 Å². The molecule has 0 saturated heterocycles. The predicted molar refractivity (Wildman–Crippen MR) is 95.9 cm³/mol. The fraction of sp³-hybridized carbons (Fsp3) is 0.312. The second-order valence-corrected chi connectivity index (χ2v) is 7.22. The average molecular weight is 360 g/mol. The molecule has 2 N–H and O–H groups in total. The Bertz CT molecular complexity index is 890. The fourth-order valence-corrected chi connectivity index (χ4v) is 3.31. The van der Waals surface area contributed by atoms with Gasteiger partial charge in [0.1, 0.15) is 23.5 Å². The highest BCUT2D eigenvalue weighted by molar-refractivity contribution is 7.89. The minimum Gasteiger partial charge on any atom is -0.369 e. The van der Waals surface area contributed by atoms with Crippen molar-refractivity contribution in [2.45, 2.75) is 11.8 Å². The molecule has 0 aliphatic heterocycles. The summed E-state index contributed by atoms with van der Waals surface area (Å²) in [6.45, 7) is 2.29. The van der Waals surface area contributed by atoms with Crippen molar-refractivity contribution in [3.05, 3.63) is 41.7 Å². The second-order valence-electron chi connectivity index (χ2n) is 5.49. The van der Waals surface area contributed by atoms with Gasteiger partial charge in [0.2, 0.25) is 10.0 Å². The topological polar surface area (TPSA) is 111 Å². The molecule has 1 aromatic carbocycles. The molecule has 0 atom stereocenters. The van der Waals surface area contributed by atoms with Crippen LogP contribution in [0.15, 0.2) is 35.2 Å². The Kier molecular flexibility index (Phi) is 5.90. The lowest BCUT2D eigenvalue weighted by molar-refractivity contribution is 0.582. The van der Waals surface area contributed by atoms with Crippen LogP contribution in [0.3, 0.4) is 0 Å². The number of hydrogen-bond donors (Lipinski definition) is 2. The summed E-state index contributed by atoms with van der Waals surface area (Å²) < 4.78 is 27.1. The van der Waals surface area contributed by atoms with Gasteiger partial charge >= 0.3 is 0 Å². The summed E-state index contributed by atoms with van der Waals surface area (Å²) in [6.07, 6.45) is 0. The van der Waals surface area contributed by atoms with Gasteiger partial charge in [-0.25, -0.2) is 23.1 Å². The van der Waals surface area contributed by atoms with Crippen LogP contribution in [0.25, 0.3) is 0 Å². The lowest BCUT2D eigenvalue weighted by atomic mass is 10.2. The Morgan fingerprint density at radius 3 is 2.60 bits per heavy atom. The molecule has 0 aliphatic rings. The Morgan fingerprint density at radius 2 is 1.92 bits per heavy atom. The smallest absolute Gasteiger partial charge is 0.241 e. The first kappa shape index (κ1) is 18.6. The van der Waals surface area contributed by atoms with E-state index in [4.69, 9.17) is 5.26 Å². The highest BCUT2D eigenvalue weighted by atomic mass is 32.2. The molecule has 1 aromatic heterocycles. The number of benzene rings is 1. The first-order valence-corrected chi connectivity index (χ1v) is 9.07. The van der Waals surface area contributed by atoms with Crippen LogP contribution in [-0.4, -0.2) is 45.6 Å². The molecule has 0 radical (unpaired) electrons. The molecule has 8 nitrogen and oxygen atoms in total. The lowest BCUT2D eigenvalue weighted by Gasteiger charge is -2.14. The summed E-state index contributed by atoms with van der Waals surface area (Å²) in [4.78, 5) is 10.4. The van der Waals surface area contributed by atoms with Gasteiger partial charge in [-0.2, -0.15) is 5.26 Å². The van der Waals surface area contributed by atoms with Crippen LogP contribution in [0.2, 0.25) is 0 Å². The number of rotatable bonds is 7. The molecule has 0 fully saturated rings. The zero-order valence-electron chi connectivity index (χ0n) is 14.3. The van der Waals surface area contributed by atoms with E-state index in [9.17, 15) is 8.42 Å². The van der Waals surface area contributed by atoms with Gasteiger partial charge in [-0.1, -0.05) is 12.1 Å². The Labute approximate surface area is 147 Å². The van der Waals surface area contributed by atoms with Crippen LogP contribution in [-0.2, 0) is 10.0 Å². The van der Waals surface area contributed by atoms with E-state index in [1.54, 1.807) is 25.1 Å². The van der Waals surface area contributed by atoms with E-state index < -0.39 is 10.0 Å². The zero-order valence-corrected chi connectivity index (χ0v) is 15.1. The molecule has 25 heavy (non-hydrogen) atoms. The van der Waals surface area contributed by atoms with E-state index in [0.717, 1.165) is 5.82 Å². The van der Waals surface area contributed by atoms with Crippen molar-refractivity contribution in [2.75, 3.05) is 37.4 Å². The summed E-state index contributed by atoms with van der Waals surface area (Å²) >= 11 is 0. The van der Waals surface area contributed by atoms with E-state index in [1.807, 2.05) is 25.1 Å². The average Bonchev–Trinajstić information content (AvgIpc) is 2.58. The maximum absolute atomic E-state index is 12.3. The number of anilines is 2. The van der Waals surface area contributed by atoms with Gasteiger partial charge in [0.25, 0.3) is 0 Å². The van der Waals surface area contributed by atoms with Gasteiger partial charge in [0.05, 0.1) is 10.5 Å². The predicted octanol–water partition coefficient (Wildman–Crippen LogP) is 1.11. The summed E-state index contributed by atoms with van der Waals surface area (Å²) in [5, 5.41) is 12.1. The van der Waals surface area contributed by atoms with Gasteiger partial charge in [0, 0.05) is 33.3 Å². The van der Waals surface area contributed by atoms with Gasteiger partial charge in [-0.05, 0) is 19.1 Å². The molecular formula is C16H20N6O2S. The minimum atomic E-state index is -3.74. The molecule has 0 aliphatic carbocycles. The third kappa shape index (κ3) is 4.89. The molecule has 0 amide bonds. The highest BCUT2D eigenvalue weighted by Gasteiger charge is 2.17. The standard InChI is InChI=1S/C16H20N6O2S/c1-12-20-15(10-16(21-12)22(2)3)18-8-9-19-25(23,24)14-7-5-4-6-13(14)11-17/h4-7,10,19H,8-9H2,1-3H3,(H,18,20,21). The first-order chi connectivity index (χ1) is 11.8. The van der Waals surface area contributed by atoms with E-state index in [0.29, 0.717) is 18.2 Å². The van der Waals surface area contributed by atoms with Crippen molar-refractivity contribution in [1.29, 1.82) is 5.26 Å². The van der Waals surface area contributed by atoms with Crippen molar-refractivity contribution >= 4 is 21.7 Å².